The van der Waals surface area contributed by atoms with Crippen molar-refractivity contribution < 1.29 is 4.74 Å². The molecule has 7 atom stereocenters. The van der Waals surface area contributed by atoms with E-state index in [1.54, 1.807) is 0 Å². The van der Waals surface area contributed by atoms with Gasteiger partial charge in [0.2, 0.25) is 5.88 Å². The fraction of sp³-hybridized carbons (Fsp3) is 0.690. The molecule has 1 aromatic heterocycles. The molecular formula is C29H47NO. The smallest absolute Gasteiger partial charge is 0.213 e. The predicted octanol–water partition coefficient (Wildman–Crippen LogP) is 8.37. The fourth-order valence-electron chi connectivity index (χ4n) is 5.59. The summed E-state index contributed by atoms with van der Waals surface area (Å²) in [6.45, 7) is 20.9. The number of ether oxygens (including phenoxy) is 1. The molecule has 1 aliphatic carbocycles. The summed E-state index contributed by atoms with van der Waals surface area (Å²) in [5.74, 6) is 5.34. The summed E-state index contributed by atoms with van der Waals surface area (Å²) in [4.78, 5) is 4.83. The molecule has 2 heteroatoms. The van der Waals surface area contributed by atoms with Gasteiger partial charge < -0.3 is 4.74 Å². The lowest BCUT2D eigenvalue weighted by Gasteiger charge is -2.31. The summed E-state index contributed by atoms with van der Waals surface area (Å²) < 4.78 is 6.21. The van der Waals surface area contributed by atoms with E-state index in [4.69, 9.17) is 9.72 Å². The van der Waals surface area contributed by atoms with Crippen molar-refractivity contribution >= 4 is 0 Å². The Hall–Kier alpha value is -1.57. The van der Waals surface area contributed by atoms with Crippen molar-refractivity contribution in [3.8, 4) is 5.88 Å². The van der Waals surface area contributed by atoms with Gasteiger partial charge in [0, 0.05) is 11.8 Å². The Kier molecular flexibility index (Phi) is 9.85. The molecule has 1 aliphatic rings. The zero-order valence-electron chi connectivity index (χ0n) is 21.6. The lowest BCUT2D eigenvalue weighted by atomic mass is 9.75. The molecule has 0 aliphatic heterocycles. The standard InChI is InChI=1S/C29H47NO/c1-10-27(19(2)3)22(6)17-21(5)24(8)28-15-16-29(30-25(28)9)31-23(7)18-26-14-12-11-13-20(26)4/h11-16,19-24,26-27H,10,17-18H2,1-9H3. The molecule has 0 saturated carbocycles. The second kappa shape index (κ2) is 11.9. The van der Waals surface area contributed by atoms with Crippen LogP contribution in [0.15, 0.2) is 36.4 Å². The van der Waals surface area contributed by atoms with Crippen LogP contribution in [0.5, 0.6) is 5.88 Å². The normalized spacial score (nSPS) is 23.4. The van der Waals surface area contributed by atoms with E-state index >= 15 is 0 Å². The topological polar surface area (TPSA) is 22.1 Å². The highest BCUT2D eigenvalue weighted by atomic mass is 16.5. The van der Waals surface area contributed by atoms with E-state index in [9.17, 15) is 0 Å². The van der Waals surface area contributed by atoms with Gasteiger partial charge in [-0.15, -0.1) is 0 Å². The average molecular weight is 426 g/mol. The second-order valence-electron chi connectivity index (χ2n) is 10.6. The first-order chi connectivity index (χ1) is 14.6. The minimum absolute atomic E-state index is 0.153. The van der Waals surface area contributed by atoms with Crippen LogP contribution in [0.4, 0.5) is 0 Å². The molecule has 2 rings (SSSR count). The number of aromatic nitrogens is 1. The lowest BCUT2D eigenvalue weighted by molar-refractivity contribution is 0.178. The van der Waals surface area contributed by atoms with E-state index in [0.717, 1.165) is 35.7 Å². The zero-order chi connectivity index (χ0) is 23.1. The van der Waals surface area contributed by atoms with Gasteiger partial charge in [0.1, 0.15) is 0 Å². The Balaban J connectivity index is 1.97. The molecule has 0 aromatic carbocycles. The van der Waals surface area contributed by atoms with Crippen molar-refractivity contribution in [2.75, 3.05) is 0 Å². The number of hydrogen-bond acceptors (Lipinski definition) is 2. The molecule has 2 nitrogen and oxygen atoms in total. The summed E-state index contributed by atoms with van der Waals surface area (Å²) in [5.41, 5.74) is 2.48. The molecule has 0 amide bonds. The van der Waals surface area contributed by atoms with Gasteiger partial charge in [-0.05, 0) is 73.7 Å². The number of nitrogens with zero attached hydrogens (tertiary/aromatic N) is 1. The lowest BCUT2D eigenvalue weighted by Crippen LogP contribution is -2.22. The summed E-state index contributed by atoms with van der Waals surface area (Å²) >= 11 is 0. The number of rotatable bonds is 11. The Morgan fingerprint density at radius 3 is 2.23 bits per heavy atom. The van der Waals surface area contributed by atoms with Crippen LogP contribution in [0.3, 0.4) is 0 Å². The van der Waals surface area contributed by atoms with Crippen molar-refractivity contribution in [3.05, 3.63) is 47.7 Å². The van der Waals surface area contributed by atoms with E-state index in [1.807, 2.05) is 0 Å². The molecule has 0 saturated heterocycles. The van der Waals surface area contributed by atoms with E-state index in [-0.39, 0.29) is 6.10 Å². The van der Waals surface area contributed by atoms with Crippen molar-refractivity contribution in [2.24, 2.45) is 35.5 Å². The average Bonchev–Trinajstić information content (AvgIpc) is 2.69. The van der Waals surface area contributed by atoms with E-state index in [0.29, 0.717) is 23.7 Å². The maximum Gasteiger partial charge on any atom is 0.213 e. The van der Waals surface area contributed by atoms with Gasteiger partial charge >= 0.3 is 0 Å². The Labute approximate surface area is 192 Å². The molecule has 0 fully saturated rings. The SMILES string of the molecule is CCC(C(C)C)C(C)CC(C)C(C)c1ccc(OC(C)CC2C=CC=CC2C)nc1C. The molecule has 0 spiro atoms. The Morgan fingerprint density at radius 1 is 0.968 bits per heavy atom. The van der Waals surface area contributed by atoms with Crippen LogP contribution >= 0.6 is 0 Å². The van der Waals surface area contributed by atoms with Gasteiger partial charge in [-0.2, -0.15) is 0 Å². The van der Waals surface area contributed by atoms with Crippen molar-refractivity contribution in [2.45, 2.75) is 93.6 Å². The third-order valence-electron chi connectivity index (χ3n) is 7.73. The third kappa shape index (κ3) is 7.22. The number of aryl methyl sites for hydroxylation is 1. The zero-order valence-corrected chi connectivity index (χ0v) is 21.6. The van der Waals surface area contributed by atoms with Crippen LogP contribution in [0, 0.1) is 42.4 Å². The van der Waals surface area contributed by atoms with Crippen molar-refractivity contribution in [1.82, 2.24) is 4.98 Å². The summed E-state index contributed by atoms with van der Waals surface area (Å²) in [5, 5.41) is 0. The highest BCUT2D eigenvalue weighted by Crippen LogP contribution is 2.36. The fourth-order valence-corrected chi connectivity index (χ4v) is 5.59. The summed E-state index contributed by atoms with van der Waals surface area (Å²) in [6, 6.07) is 4.33. The summed E-state index contributed by atoms with van der Waals surface area (Å²) in [6.07, 6.45) is 12.6. The predicted molar refractivity (Wildman–Crippen MR) is 135 cm³/mol. The third-order valence-corrected chi connectivity index (χ3v) is 7.73. The molecule has 0 N–H and O–H groups in total. The van der Waals surface area contributed by atoms with Gasteiger partial charge in [0.25, 0.3) is 0 Å². The van der Waals surface area contributed by atoms with E-state index in [1.165, 1.54) is 18.4 Å². The molecule has 31 heavy (non-hydrogen) atoms. The van der Waals surface area contributed by atoms with Gasteiger partial charge in [-0.25, -0.2) is 4.98 Å². The number of allylic oxidation sites excluding steroid dienone is 4. The largest absolute Gasteiger partial charge is 0.475 e. The van der Waals surface area contributed by atoms with Crippen molar-refractivity contribution in [3.63, 3.8) is 0 Å². The molecule has 7 unspecified atom stereocenters. The number of hydrogen-bond donors (Lipinski definition) is 0. The quantitative estimate of drug-likeness (QED) is 0.355. The summed E-state index contributed by atoms with van der Waals surface area (Å²) in [7, 11) is 0. The first-order valence-corrected chi connectivity index (χ1v) is 12.6. The molecule has 0 radical (unpaired) electrons. The van der Waals surface area contributed by atoms with E-state index in [2.05, 4.69) is 98.8 Å². The van der Waals surface area contributed by atoms with Gasteiger partial charge in [0.05, 0.1) is 6.10 Å². The van der Waals surface area contributed by atoms with Crippen LogP contribution in [-0.4, -0.2) is 11.1 Å². The van der Waals surface area contributed by atoms with Gasteiger partial charge in [-0.1, -0.05) is 85.3 Å². The van der Waals surface area contributed by atoms with Crippen LogP contribution < -0.4 is 4.74 Å². The van der Waals surface area contributed by atoms with E-state index < -0.39 is 0 Å². The highest BCUT2D eigenvalue weighted by molar-refractivity contribution is 5.28. The molecule has 0 bridgehead atoms. The number of pyridine rings is 1. The van der Waals surface area contributed by atoms with Crippen LogP contribution in [0.25, 0.3) is 0 Å². The minimum Gasteiger partial charge on any atom is -0.475 e. The Bertz CT molecular complexity index is 734. The maximum absolute atomic E-state index is 6.21. The molecule has 1 heterocycles. The highest BCUT2D eigenvalue weighted by Gasteiger charge is 2.25. The second-order valence-corrected chi connectivity index (χ2v) is 10.6. The van der Waals surface area contributed by atoms with Crippen LogP contribution in [0.1, 0.15) is 91.8 Å². The monoisotopic (exact) mass is 425 g/mol. The molecule has 1 aromatic rings. The van der Waals surface area contributed by atoms with Gasteiger partial charge in [0.15, 0.2) is 0 Å². The Morgan fingerprint density at radius 2 is 1.65 bits per heavy atom. The van der Waals surface area contributed by atoms with Crippen molar-refractivity contribution in [1.29, 1.82) is 0 Å². The molecular weight excluding hydrogens is 378 g/mol. The minimum atomic E-state index is 0.153. The van der Waals surface area contributed by atoms with Crippen LogP contribution in [-0.2, 0) is 0 Å². The van der Waals surface area contributed by atoms with Crippen LogP contribution in [0.2, 0.25) is 0 Å². The van der Waals surface area contributed by atoms with Gasteiger partial charge in [-0.3, -0.25) is 0 Å². The maximum atomic E-state index is 6.21. The first-order valence-electron chi connectivity index (χ1n) is 12.6. The molecule has 174 valence electrons. The first kappa shape index (κ1) is 25.7.